The molecular formula is C23H28N2. The molecule has 2 heteroatoms. The van der Waals surface area contributed by atoms with Gasteiger partial charge in [0.1, 0.15) is 0 Å². The van der Waals surface area contributed by atoms with Gasteiger partial charge >= 0.3 is 0 Å². The molecule has 0 N–H and O–H groups in total. The third-order valence-corrected chi connectivity index (χ3v) is 6.95. The van der Waals surface area contributed by atoms with E-state index in [0.717, 1.165) is 12.0 Å². The van der Waals surface area contributed by atoms with Gasteiger partial charge < -0.3 is 0 Å². The van der Waals surface area contributed by atoms with Crippen molar-refractivity contribution in [3.05, 3.63) is 47.8 Å². The molecule has 1 aliphatic carbocycles. The molecule has 2 atom stereocenters. The molecule has 2 aromatic rings. The van der Waals surface area contributed by atoms with Crippen LogP contribution in [-0.4, -0.2) is 29.0 Å². The molecule has 130 valence electrons. The second-order valence-corrected chi connectivity index (χ2v) is 8.36. The second kappa shape index (κ2) is 6.25. The lowest BCUT2D eigenvalue weighted by molar-refractivity contribution is 0.264. The zero-order chi connectivity index (χ0) is 16.8. The largest absolute Gasteiger partial charge is 0.297 e. The minimum Gasteiger partial charge on any atom is -0.297 e. The van der Waals surface area contributed by atoms with Crippen LogP contribution in [0.5, 0.6) is 0 Å². The number of hydrogen-bond donors (Lipinski definition) is 0. The van der Waals surface area contributed by atoms with Gasteiger partial charge in [0.15, 0.2) is 0 Å². The summed E-state index contributed by atoms with van der Waals surface area (Å²) in [7, 11) is 2.29. The van der Waals surface area contributed by atoms with Gasteiger partial charge in [-0.05, 0) is 61.6 Å². The van der Waals surface area contributed by atoms with Crippen LogP contribution in [0.3, 0.4) is 0 Å². The average Bonchev–Trinajstić information content (AvgIpc) is 2.88. The highest BCUT2D eigenvalue weighted by Crippen LogP contribution is 2.40. The second-order valence-electron chi connectivity index (χ2n) is 8.36. The Kier molecular flexibility index (Phi) is 3.89. The van der Waals surface area contributed by atoms with Gasteiger partial charge in [0, 0.05) is 35.4 Å². The van der Waals surface area contributed by atoms with Crippen LogP contribution >= 0.6 is 0 Å². The van der Waals surface area contributed by atoms with Crippen LogP contribution in [0.1, 0.15) is 68.4 Å². The van der Waals surface area contributed by atoms with Gasteiger partial charge in [0.05, 0.1) is 0 Å². The van der Waals surface area contributed by atoms with Crippen LogP contribution in [-0.2, 0) is 0 Å². The SMILES string of the molecule is CN1C2C=C(c3cncc4ccc(C5CCCCC5)cc34)CC1CC2. The van der Waals surface area contributed by atoms with E-state index in [4.69, 9.17) is 0 Å². The van der Waals surface area contributed by atoms with E-state index in [-0.39, 0.29) is 0 Å². The molecule has 0 spiro atoms. The number of benzene rings is 1. The first-order valence-corrected chi connectivity index (χ1v) is 10.1. The number of aromatic nitrogens is 1. The van der Waals surface area contributed by atoms with Crippen molar-refractivity contribution in [3.8, 4) is 0 Å². The van der Waals surface area contributed by atoms with Crippen LogP contribution in [0.2, 0.25) is 0 Å². The van der Waals surface area contributed by atoms with Crippen LogP contribution < -0.4 is 0 Å². The van der Waals surface area contributed by atoms with Crippen molar-refractivity contribution in [2.24, 2.45) is 0 Å². The van der Waals surface area contributed by atoms with Crippen molar-refractivity contribution >= 4 is 16.3 Å². The van der Waals surface area contributed by atoms with Gasteiger partial charge in [-0.1, -0.05) is 43.5 Å². The summed E-state index contributed by atoms with van der Waals surface area (Å²) in [5.41, 5.74) is 4.47. The van der Waals surface area contributed by atoms with Crippen LogP contribution in [0, 0.1) is 0 Å². The lowest BCUT2D eigenvalue weighted by atomic mass is 9.83. The Bertz CT molecular complexity index is 816. The van der Waals surface area contributed by atoms with Gasteiger partial charge in [-0.25, -0.2) is 0 Å². The minimum atomic E-state index is 0.630. The molecule has 3 heterocycles. The smallest absolute Gasteiger partial charge is 0.0349 e. The third-order valence-electron chi connectivity index (χ3n) is 6.95. The Labute approximate surface area is 150 Å². The van der Waals surface area contributed by atoms with Gasteiger partial charge in [-0.2, -0.15) is 0 Å². The van der Waals surface area contributed by atoms with E-state index < -0.39 is 0 Å². The molecule has 1 saturated heterocycles. The molecular weight excluding hydrogens is 304 g/mol. The standard InChI is InChI=1S/C23H28N2/c1-25-20-9-10-21(25)12-19(11-20)23-15-24-14-18-8-7-17(13-22(18)23)16-5-3-2-4-6-16/h7-8,11,13-16,20-21H,2-6,9-10,12H2,1H3. The first-order chi connectivity index (χ1) is 12.3. The van der Waals surface area contributed by atoms with E-state index in [9.17, 15) is 0 Å². The van der Waals surface area contributed by atoms with Crippen LogP contribution in [0.4, 0.5) is 0 Å². The maximum Gasteiger partial charge on any atom is 0.0349 e. The summed E-state index contributed by atoms with van der Waals surface area (Å²) >= 11 is 0. The van der Waals surface area contributed by atoms with Crippen molar-refractivity contribution < 1.29 is 0 Å². The van der Waals surface area contributed by atoms with Crippen molar-refractivity contribution in [1.82, 2.24) is 9.88 Å². The summed E-state index contributed by atoms with van der Waals surface area (Å²) < 4.78 is 0. The monoisotopic (exact) mass is 332 g/mol. The van der Waals surface area contributed by atoms with E-state index in [2.05, 4.69) is 47.4 Å². The maximum atomic E-state index is 4.57. The van der Waals surface area contributed by atoms with Gasteiger partial charge in [-0.15, -0.1) is 0 Å². The molecule has 25 heavy (non-hydrogen) atoms. The van der Waals surface area contributed by atoms with Gasteiger partial charge in [0.2, 0.25) is 0 Å². The highest BCUT2D eigenvalue weighted by atomic mass is 15.2. The van der Waals surface area contributed by atoms with E-state index in [1.807, 2.05) is 6.20 Å². The fourth-order valence-electron chi connectivity index (χ4n) is 5.37. The van der Waals surface area contributed by atoms with E-state index in [1.165, 1.54) is 73.3 Å². The Morgan fingerprint density at radius 2 is 1.88 bits per heavy atom. The Balaban J connectivity index is 1.57. The number of hydrogen-bond acceptors (Lipinski definition) is 2. The fraction of sp³-hybridized carbons (Fsp3) is 0.522. The van der Waals surface area contributed by atoms with Gasteiger partial charge in [-0.3, -0.25) is 9.88 Å². The molecule has 1 saturated carbocycles. The quantitative estimate of drug-likeness (QED) is 0.718. The Morgan fingerprint density at radius 3 is 2.72 bits per heavy atom. The Hall–Kier alpha value is -1.67. The molecule has 1 aromatic carbocycles. The van der Waals surface area contributed by atoms with Crippen LogP contribution in [0.25, 0.3) is 16.3 Å². The van der Waals surface area contributed by atoms with Gasteiger partial charge in [0.25, 0.3) is 0 Å². The lowest BCUT2D eigenvalue weighted by Crippen LogP contribution is -2.34. The maximum absolute atomic E-state index is 4.57. The fourth-order valence-corrected chi connectivity index (χ4v) is 5.37. The topological polar surface area (TPSA) is 16.1 Å². The zero-order valence-corrected chi connectivity index (χ0v) is 15.2. The first-order valence-electron chi connectivity index (χ1n) is 10.1. The van der Waals surface area contributed by atoms with Crippen molar-refractivity contribution in [1.29, 1.82) is 0 Å². The number of pyridine rings is 1. The highest BCUT2D eigenvalue weighted by molar-refractivity contribution is 5.94. The van der Waals surface area contributed by atoms with E-state index >= 15 is 0 Å². The number of likely N-dealkylation sites (N-methyl/N-ethyl adjacent to an activating group) is 1. The molecule has 2 unspecified atom stereocenters. The van der Waals surface area contributed by atoms with Crippen molar-refractivity contribution in [3.63, 3.8) is 0 Å². The predicted octanol–water partition coefficient (Wildman–Crippen LogP) is 5.53. The average molecular weight is 332 g/mol. The highest BCUT2D eigenvalue weighted by Gasteiger charge is 2.34. The third kappa shape index (κ3) is 2.71. The van der Waals surface area contributed by atoms with Crippen molar-refractivity contribution in [2.75, 3.05) is 7.05 Å². The summed E-state index contributed by atoms with van der Waals surface area (Å²) in [6, 6.07) is 8.51. The predicted molar refractivity (Wildman–Crippen MR) is 105 cm³/mol. The van der Waals surface area contributed by atoms with Crippen LogP contribution in [0.15, 0.2) is 36.7 Å². The summed E-state index contributed by atoms with van der Waals surface area (Å²) in [5.74, 6) is 0.766. The molecule has 2 nitrogen and oxygen atoms in total. The van der Waals surface area contributed by atoms with E-state index in [1.54, 1.807) is 5.56 Å². The molecule has 1 aromatic heterocycles. The first kappa shape index (κ1) is 15.6. The van der Waals surface area contributed by atoms with Crippen molar-refractivity contribution in [2.45, 2.75) is 69.4 Å². The molecule has 2 aliphatic heterocycles. The normalized spacial score (nSPS) is 27.6. The molecule has 2 bridgehead atoms. The molecule has 0 radical (unpaired) electrons. The number of nitrogens with zero attached hydrogens (tertiary/aromatic N) is 2. The molecule has 2 fully saturated rings. The summed E-state index contributed by atoms with van der Waals surface area (Å²) in [6.07, 6.45) is 17.4. The summed E-state index contributed by atoms with van der Waals surface area (Å²) in [5, 5.41) is 2.72. The summed E-state index contributed by atoms with van der Waals surface area (Å²) in [4.78, 5) is 7.13. The minimum absolute atomic E-state index is 0.630. The Morgan fingerprint density at radius 1 is 1.00 bits per heavy atom. The van der Waals surface area contributed by atoms with E-state index in [0.29, 0.717) is 6.04 Å². The molecule has 5 rings (SSSR count). The molecule has 3 aliphatic rings. The molecule has 0 amide bonds. The number of fused-ring (bicyclic) bond motifs is 3. The zero-order valence-electron chi connectivity index (χ0n) is 15.2. The summed E-state index contributed by atoms with van der Waals surface area (Å²) in [6.45, 7) is 0. The lowest BCUT2D eigenvalue weighted by Gasteiger charge is -2.30. The number of rotatable bonds is 2.